The van der Waals surface area contributed by atoms with Crippen molar-refractivity contribution in [2.24, 2.45) is 5.92 Å². The topological polar surface area (TPSA) is 84.2 Å². The Morgan fingerprint density at radius 3 is 2.74 bits per heavy atom. The molecule has 3 unspecified atom stereocenters. The molecule has 2 fully saturated rings. The molecule has 1 aliphatic carbocycles. The maximum absolute atomic E-state index is 12.8. The van der Waals surface area contributed by atoms with Gasteiger partial charge in [-0.05, 0) is 50.3 Å². The van der Waals surface area contributed by atoms with Crippen LogP contribution in [0.15, 0.2) is 53.1 Å². The van der Waals surface area contributed by atoms with Crippen molar-refractivity contribution < 1.29 is 9.32 Å². The average Bonchev–Trinajstić information content (AvgIpc) is 3.41. The van der Waals surface area contributed by atoms with Crippen molar-refractivity contribution in [3.05, 3.63) is 77.2 Å². The number of likely N-dealkylation sites (tertiary alicyclic amines) is 1. The minimum absolute atomic E-state index is 0.0610. The van der Waals surface area contributed by atoms with Crippen LogP contribution in [0, 0.1) is 19.8 Å². The van der Waals surface area contributed by atoms with Crippen molar-refractivity contribution in [3.8, 4) is 0 Å². The largest absolute Gasteiger partial charge is 0.348 e. The molecule has 1 saturated heterocycles. The van der Waals surface area contributed by atoms with E-state index in [4.69, 9.17) is 4.52 Å². The Bertz CT molecular complexity index is 1080. The maximum Gasteiger partial charge on any atom is 0.270 e. The zero-order valence-electron chi connectivity index (χ0n) is 17.9. The normalized spacial score (nSPS) is 25.5. The van der Waals surface area contributed by atoms with Gasteiger partial charge in [0.2, 0.25) is 5.89 Å². The van der Waals surface area contributed by atoms with E-state index in [0.29, 0.717) is 23.3 Å². The van der Waals surface area contributed by atoms with Crippen LogP contribution in [0.1, 0.15) is 46.3 Å². The second-order valence-corrected chi connectivity index (χ2v) is 8.93. The van der Waals surface area contributed by atoms with Crippen LogP contribution in [0.25, 0.3) is 0 Å². The fraction of sp³-hybridized carbons (Fsp3) is 0.417. The van der Waals surface area contributed by atoms with Crippen molar-refractivity contribution >= 4 is 5.91 Å². The molecule has 3 aromatic rings. The Hall–Kier alpha value is -3.06. The Morgan fingerprint density at radius 2 is 2.00 bits per heavy atom. The zero-order valence-corrected chi connectivity index (χ0v) is 17.9. The van der Waals surface area contributed by atoms with Crippen LogP contribution < -0.4 is 5.32 Å². The number of carbonyl (C=O) groups excluding carboxylic acids is 1. The number of carbonyl (C=O) groups is 1. The predicted octanol–water partition coefficient (Wildman–Crippen LogP) is 3.04. The predicted molar refractivity (Wildman–Crippen MR) is 115 cm³/mol. The molecule has 0 radical (unpaired) electrons. The molecule has 2 aromatic heterocycles. The summed E-state index contributed by atoms with van der Waals surface area (Å²) in [5, 5.41) is 7.27. The molecule has 1 aromatic carbocycles. The van der Waals surface area contributed by atoms with E-state index in [1.54, 1.807) is 6.07 Å². The summed E-state index contributed by atoms with van der Waals surface area (Å²) in [5.41, 5.74) is 2.37. The summed E-state index contributed by atoms with van der Waals surface area (Å²) in [4.78, 5) is 24.2. The summed E-state index contributed by atoms with van der Waals surface area (Å²) in [6.45, 7) is 6.45. The molecule has 31 heavy (non-hydrogen) atoms. The third-order valence-corrected chi connectivity index (χ3v) is 6.60. The standard InChI is InChI=1S/C24H27N5O2/c1-16-7-6-10-21(25-16)22(30)27-20-11-19-14-29(13-18-8-4-3-5-9-18)15-24(19,12-20)23-26-17(2)28-31-23/h3-10,19-20H,11-15H2,1-2H3,(H,27,30). The van der Waals surface area contributed by atoms with Crippen LogP contribution in [-0.2, 0) is 12.0 Å². The van der Waals surface area contributed by atoms with Gasteiger partial charge in [-0.25, -0.2) is 4.98 Å². The average molecular weight is 418 g/mol. The Balaban J connectivity index is 1.35. The number of hydrogen-bond donors (Lipinski definition) is 1. The van der Waals surface area contributed by atoms with Gasteiger partial charge in [0, 0.05) is 31.4 Å². The first-order valence-corrected chi connectivity index (χ1v) is 10.8. The molecule has 5 rings (SSSR count). The Kier molecular flexibility index (Phi) is 5.06. The number of aryl methyl sites for hydroxylation is 2. The zero-order chi connectivity index (χ0) is 21.4. The third kappa shape index (κ3) is 3.85. The Morgan fingerprint density at radius 1 is 1.16 bits per heavy atom. The van der Waals surface area contributed by atoms with E-state index in [1.165, 1.54) is 5.56 Å². The number of nitrogens with one attached hydrogen (secondary N) is 1. The van der Waals surface area contributed by atoms with E-state index in [9.17, 15) is 4.79 Å². The highest BCUT2D eigenvalue weighted by atomic mass is 16.5. The van der Waals surface area contributed by atoms with Crippen molar-refractivity contribution in [1.82, 2.24) is 25.3 Å². The lowest BCUT2D eigenvalue weighted by molar-refractivity contribution is 0.0928. The molecule has 1 amide bonds. The van der Waals surface area contributed by atoms with Gasteiger partial charge in [-0.2, -0.15) is 4.98 Å². The fourth-order valence-electron chi connectivity index (χ4n) is 5.31. The summed E-state index contributed by atoms with van der Waals surface area (Å²) in [5.74, 6) is 1.59. The van der Waals surface area contributed by atoms with E-state index in [0.717, 1.165) is 38.2 Å². The van der Waals surface area contributed by atoms with Crippen molar-refractivity contribution in [2.45, 2.75) is 44.7 Å². The number of amides is 1. The summed E-state index contributed by atoms with van der Waals surface area (Å²) >= 11 is 0. The van der Waals surface area contributed by atoms with Gasteiger partial charge < -0.3 is 9.84 Å². The molecule has 2 aliphatic rings. The van der Waals surface area contributed by atoms with Crippen molar-refractivity contribution in [3.63, 3.8) is 0 Å². The van der Waals surface area contributed by atoms with E-state index in [2.05, 4.69) is 49.6 Å². The summed E-state index contributed by atoms with van der Waals surface area (Å²) in [7, 11) is 0. The van der Waals surface area contributed by atoms with Crippen LogP contribution in [0.2, 0.25) is 0 Å². The molecular weight excluding hydrogens is 390 g/mol. The quantitative estimate of drug-likeness (QED) is 0.687. The van der Waals surface area contributed by atoms with Gasteiger partial charge in [0.15, 0.2) is 5.82 Å². The van der Waals surface area contributed by atoms with Gasteiger partial charge in [-0.15, -0.1) is 0 Å². The maximum atomic E-state index is 12.8. The lowest BCUT2D eigenvalue weighted by Crippen LogP contribution is -2.38. The third-order valence-electron chi connectivity index (χ3n) is 6.60. The van der Waals surface area contributed by atoms with E-state index < -0.39 is 0 Å². The van der Waals surface area contributed by atoms with Crippen LogP contribution >= 0.6 is 0 Å². The minimum atomic E-state index is -0.228. The number of fused-ring (bicyclic) bond motifs is 1. The molecule has 1 N–H and O–H groups in total. The molecule has 0 spiro atoms. The lowest BCUT2D eigenvalue weighted by Gasteiger charge is -2.25. The number of rotatable bonds is 5. The second kappa shape index (κ2) is 7.89. The second-order valence-electron chi connectivity index (χ2n) is 8.93. The molecule has 160 valence electrons. The molecule has 1 saturated carbocycles. The van der Waals surface area contributed by atoms with E-state index >= 15 is 0 Å². The van der Waals surface area contributed by atoms with Crippen molar-refractivity contribution in [2.75, 3.05) is 13.1 Å². The molecule has 1 aliphatic heterocycles. The fourth-order valence-corrected chi connectivity index (χ4v) is 5.31. The first-order valence-electron chi connectivity index (χ1n) is 10.8. The Labute approximate surface area is 181 Å². The highest BCUT2D eigenvalue weighted by Gasteiger charge is 2.57. The first kappa shape index (κ1) is 19.9. The van der Waals surface area contributed by atoms with Crippen molar-refractivity contribution in [1.29, 1.82) is 0 Å². The summed E-state index contributed by atoms with van der Waals surface area (Å²) in [6.07, 6.45) is 1.69. The first-order chi connectivity index (χ1) is 15.0. The van der Waals surface area contributed by atoms with Crippen LogP contribution in [-0.4, -0.2) is 45.1 Å². The van der Waals surface area contributed by atoms with Crippen LogP contribution in [0.3, 0.4) is 0 Å². The molecular formula is C24H27N5O2. The highest BCUT2D eigenvalue weighted by Crippen LogP contribution is 2.50. The number of hydrogen-bond acceptors (Lipinski definition) is 6. The van der Waals surface area contributed by atoms with Gasteiger partial charge >= 0.3 is 0 Å². The smallest absolute Gasteiger partial charge is 0.270 e. The van der Waals surface area contributed by atoms with E-state index in [1.807, 2.05) is 32.0 Å². The lowest BCUT2D eigenvalue weighted by atomic mass is 9.80. The van der Waals surface area contributed by atoms with Gasteiger partial charge in [0.05, 0.1) is 5.41 Å². The van der Waals surface area contributed by atoms with Crippen LogP contribution in [0.4, 0.5) is 0 Å². The minimum Gasteiger partial charge on any atom is -0.348 e. The van der Waals surface area contributed by atoms with Gasteiger partial charge in [-0.1, -0.05) is 41.6 Å². The number of aromatic nitrogens is 3. The number of pyridine rings is 1. The van der Waals surface area contributed by atoms with Gasteiger partial charge in [0.1, 0.15) is 5.69 Å². The number of benzene rings is 1. The number of nitrogens with zero attached hydrogens (tertiary/aromatic N) is 4. The van der Waals surface area contributed by atoms with E-state index in [-0.39, 0.29) is 17.4 Å². The monoisotopic (exact) mass is 417 g/mol. The summed E-state index contributed by atoms with van der Waals surface area (Å²) < 4.78 is 5.69. The molecule has 0 bridgehead atoms. The molecule has 3 atom stereocenters. The van der Waals surface area contributed by atoms with Gasteiger partial charge in [-0.3, -0.25) is 9.69 Å². The van der Waals surface area contributed by atoms with Gasteiger partial charge in [0.25, 0.3) is 5.91 Å². The molecule has 3 heterocycles. The molecule has 7 nitrogen and oxygen atoms in total. The van der Waals surface area contributed by atoms with Crippen LogP contribution in [0.5, 0.6) is 0 Å². The summed E-state index contributed by atoms with van der Waals surface area (Å²) in [6, 6.07) is 16.1. The molecule has 7 heteroatoms. The SMILES string of the molecule is Cc1cccc(C(=O)NC2CC3CN(Cc4ccccc4)CC3(c3nc(C)no3)C2)n1. The highest BCUT2D eigenvalue weighted by molar-refractivity contribution is 5.92.